The van der Waals surface area contributed by atoms with E-state index in [9.17, 15) is 0 Å². The molecular formula is C25H29NO3S. The van der Waals surface area contributed by atoms with Gasteiger partial charge in [0.15, 0.2) is 0 Å². The van der Waals surface area contributed by atoms with E-state index in [0.717, 1.165) is 29.8 Å². The summed E-state index contributed by atoms with van der Waals surface area (Å²) in [5.74, 6) is 0.160. The first kappa shape index (κ1) is 22.0. The summed E-state index contributed by atoms with van der Waals surface area (Å²) in [5.41, 5.74) is 7.91. The van der Waals surface area contributed by atoms with Crippen molar-refractivity contribution in [3.05, 3.63) is 69.2 Å². The summed E-state index contributed by atoms with van der Waals surface area (Å²) in [7, 11) is 0. The topological polar surface area (TPSA) is 59.4 Å². The molecular weight excluding hydrogens is 394 g/mol. The van der Waals surface area contributed by atoms with Crippen LogP contribution < -0.4 is 4.74 Å². The predicted octanol–water partition coefficient (Wildman–Crippen LogP) is 5.94. The van der Waals surface area contributed by atoms with Crippen LogP contribution in [0, 0.1) is 20.8 Å². The smallest absolute Gasteiger partial charge is 0.300 e. The van der Waals surface area contributed by atoms with Gasteiger partial charge in [-0.05, 0) is 75.4 Å². The van der Waals surface area contributed by atoms with Gasteiger partial charge in [-0.3, -0.25) is 4.79 Å². The summed E-state index contributed by atoms with van der Waals surface area (Å²) >= 11 is 1.78. The lowest BCUT2D eigenvalue weighted by Crippen LogP contribution is -2.03. The highest BCUT2D eigenvalue weighted by Gasteiger charge is 2.13. The Balaban J connectivity index is 0.000000589. The summed E-state index contributed by atoms with van der Waals surface area (Å²) in [6.45, 7) is 8.20. The minimum absolute atomic E-state index is 0.676. The van der Waals surface area contributed by atoms with Gasteiger partial charge in [-0.2, -0.15) is 0 Å². The van der Waals surface area contributed by atoms with E-state index in [-0.39, 0.29) is 0 Å². The Morgan fingerprint density at radius 2 is 1.73 bits per heavy atom. The number of rotatable bonds is 5. The molecule has 0 radical (unpaired) electrons. The number of aryl methyl sites for hydroxylation is 5. The van der Waals surface area contributed by atoms with Crippen LogP contribution in [0.15, 0.2) is 36.4 Å². The van der Waals surface area contributed by atoms with Crippen LogP contribution in [0.1, 0.15) is 46.2 Å². The Morgan fingerprint density at radius 1 is 1.07 bits per heavy atom. The number of aliphatic carboxylic acids is 1. The molecule has 0 aliphatic heterocycles. The van der Waals surface area contributed by atoms with Gasteiger partial charge in [0.1, 0.15) is 10.8 Å². The number of aromatic nitrogens is 1. The second-order valence-corrected chi connectivity index (χ2v) is 9.00. The summed E-state index contributed by atoms with van der Waals surface area (Å²) in [6, 6.07) is 13.2. The fraction of sp³-hybridized carbons (Fsp3) is 0.360. The molecule has 1 aliphatic rings. The Bertz CT molecular complexity index is 1010. The van der Waals surface area contributed by atoms with Crippen LogP contribution in [-0.2, 0) is 24.1 Å². The highest BCUT2D eigenvalue weighted by atomic mass is 32.1. The molecule has 0 atom stereocenters. The van der Waals surface area contributed by atoms with Crippen molar-refractivity contribution in [3.63, 3.8) is 0 Å². The van der Waals surface area contributed by atoms with E-state index in [2.05, 4.69) is 57.2 Å². The third kappa shape index (κ3) is 5.92. The summed E-state index contributed by atoms with van der Waals surface area (Å²) < 4.78 is 6.01. The van der Waals surface area contributed by atoms with Crippen LogP contribution in [0.5, 0.6) is 5.75 Å². The van der Waals surface area contributed by atoms with E-state index >= 15 is 0 Å². The zero-order chi connectivity index (χ0) is 21.7. The maximum atomic E-state index is 9.00. The number of carboxylic acids is 1. The van der Waals surface area contributed by atoms with Gasteiger partial charge >= 0.3 is 0 Å². The van der Waals surface area contributed by atoms with Gasteiger partial charge in [0.2, 0.25) is 0 Å². The number of ether oxygens (including phenoxy) is 1. The second-order valence-electron chi connectivity index (χ2n) is 7.80. The van der Waals surface area contributed by atoms with E-state index in [1.807, 2.05) is 0 Å². The van der Waals surface area contributed by atoms with Crippen molar-refractivity contribution in [1.29, 1.82) is 0 Å². The van der Waals surface area contributed by atoms with Crippen LogP contribution in [0.3, 0.4) is 0 Å². The Hall–Kier alpha value is -2.66. The van der Waals surface area contributed by atoms with Gasteiger partial charge in [0.05, 0.1) is 12.3 Å². The van der Waals surface area contributed by atoms with Crippen LogP contribution in [0.2, 0.25) is 0 Å². The molecule has 4 nitrogen and oxygen atoms in total. The van der Waals surface area contributed by atoms with Crippen molar-refractivity contribution in [1.82, 2.24) is 4.98 Å². The zero-order valence-electron chi connectivity index (χ0n) is 18.1. The van der Waals surface area contributed by atoms with Crippen molar-refractivity contribution in [2.75, 3.05) is 6.61 Å². The lowest BCUT2D eigenvalue weighted by Gasteiger charge is -2.07. The van der Waals surface area contributed by atoms with Gasteiger partial charge in [-0.1, -0.05) is 23.3 Å². The van der Waals surface area contributed by atoms with E-state index in [1.54, 1.807) is 11.3 Å². The van der Waals surface area contributed by atoms with Gasteiger partial charge in [0, 0.05) is 23.8 Å². The standard InChI is InChI=1S/C23H25NOS.C2H4O2/c1-15-11-16(2)13-20(12-15)23-24-22(17(3)26-23)9-10-25-21-8-7-18-5-4-6-19(18)14-21;1-2(3)4/h7-8,11-14H,4-6,9-10H2,1-3H3;1H3,(H,3,4). The molecule has 0 spiro atoms. The molecule has 0 saturated heterocycles. The lowest BCUT2D eigenvalue weighted by molar-refractivity contribution is -0.134. The maximum Gasteiger partial charge on any atom is 0.300 e. The third-order valence-electron chi connectivity index (χ3n) is 5.04. The molecule has 0 saturated carbocycles. The van der Waals surface area contributed by atoms with Gasteiger partial charge < -0.3 is 9.84 Å². The van der Waals surface area contributed by atoms with Crippen LogP contribution in [-0.4, -0.2) is 22.7 Å². The fourth-order valence-electron chi connectivity index (χ4n) is 3.79. The van der Waals surface area contributed by atoms with Crippen LogP contribution >= 0.6 is 11.3 Å². The van der Waals surface area contributed by atoms with E-state index in [4.69, 9.17) is 19.6 Å². The maximum absolute atomic E-state index is 9.00. The fourth-order valence-corrected chi connectivity index (χ4v) is 4.73. The quantitative estimate of drug-likeness (QED) is 0.552. The van der Waals surface area contributed by atoms with Crippen molar-refractivity contribution in [3.8, 4) is 16.3 Å². The molecule has 158 valence electrons. The Labute approximate surface area is 182 Å². The summed E-state index contributed by atoms with van der Waals surface area (Å²) in [5, 5.41) is 8.53. The minimum atomic E-state index is -0.833. The number of hydrogen-bond donors (Lipinski definition) is 1. The average molecular weight is 424 g/mol. The van der Waals surface area contributed by atoms with Crippen molar-refractivity contribution >= 4 is 17.3 Å². The first-order chi connectivity index (χ1) is 14.3. The van der Waals surface area contributed by atoms with Gasteiger partial charge in [-0.25, -0.2) is 4.98 Å². The highest BCUT2D eigenvalue weighted by Crippen LogP contribution is 2.30. The van der Waals surface area contributed by atoms with E-state index in [0.29, 0.717) is 6.61 Å². The first-order valence-corrected chi connectivity index (χ1v) is 11.1. The summed E-state index contributed by atoms with van der Waals surface area (Å²) in [6.07, 6.45) is 4.54. The molecule has 0 unspecified atom stereocenters. The number of fused-ring (bicyclic) bond motifs is 1. The van der Waals surface area contributed by atoms with Crippen molar-refractivity contribution in [2.24, 2.45) is 0 Å². The van der Waals surface area contributed by atoms with E-state index < -0.39 is 5.97 Å². The third-order valence-corrected chi connectivity index (χ3v) is 6.10. The number of hydrogen-bond acceptors (Lipinski definition) is 4. The van der Waals surface area contributed by atoms with Gasteiger partial charge in [0.25, 0.3) is 5.97 Å². The molecule has 1 heterocycles. The minimum Gasteiger partial charge on any atom is -0.493 e. The lowest BCUT2D eigenvalue weighted by atomic mass is 10.1. The predicted molar refractivity (Wildman–Crippen MR) is 123 cm³/mol. The largest absolute Gasteiger partial charge is 0.493 e. The number of carboxylic acid groups (broad SMARTS) is 1. The van der Waals surface area contributed by atoms with Crippen LogP contribution in [0.4, 0.5) is 0 Å². The molecule has 1 aliphatic carbocycles. The van der Waals surface area contributed by atoms with Crippen molar-refractivity contribution in [2.45, 2.75) is 53.4 Å². The van der Waals surface area contributed by atoms with Crippen molar-refractivity contribution < 1.29 is 14.6 Å². The van der Waals surface area contributed by atoms with Crippen LogP contribution in [0.25, 0.3) is 10.6 Å². The molecule has 5 heteroatoms. The molecule has 2 aromatic carbocycles. The number of thiazole rings is 1. The van der Waals surface area contributed by atoms with E-state index in [1.165, 1.54) is 52.0 Å². The normalized spacial score (nSPS) is 12.1. The average Bonchev–Trinajstić information content (AvgIpc) is 3.27. The molecule has 0 amide bonds. The molecule has 30 heavy (non-hydrogen) atoms. The monoisotopic (exact) mass is 423 g/mol. The molecule has 1 aromatic heterocycles. The molecule has 4 rings (SSSR count). The second kappa shape index (κ2) is 9.90. The Kier molecular flexibility index (Phi) is 7.27. The number of nitrogens with zero attached hydrogens (tertiary/aromatic N) is 1. The molecule has 1 N–H and O–H groups in total. The van der Waals surface area contributed by atoms with Gasteiger partial charge in [-0.15, -0.1) is 11.3 Å². The number of carbonyl (C=O) groups is 1. The molecule has 0 bridgehead atoms. The Morgan fingerprint density at radius 3 is 2.43 bits per heavy atom. The zero-order valence-corrected chi connectivity index (χ0v) is 18.9. The summed E-state index contributed by atoms with van der Waals surface area (Å²) in [4.78, 5) is 15.2. The first-order valence-electron chi connectivity index (χ1n) is 10.3. The highest BCUT2D eigenvalue weighted by molar-refractivity contribution is 7.15. The molecule has 0 fully saturated rings. The molecule has 3 aromatic rings. The number of benzene rings is 2. The SMILES string of the molecule is CC(=O)O.Cc1cc(C)cc(-c2nc(CCOc3ccc4c(c3)CCC4)c(C)s2)c1.